The number of anilines is 1. The maximum atomic E-state index is 9.20. The Labute approximate surface area is 173 Å². The van der Waals surface area contributed by atoms with Crippen molar-refractivity contribution in [2.45, 2.75) is 45.6 Å². The van der Waals surface area contributed by atoms with Gasteiger partial charge < -0.3 is 25.1 Å². The molecule has 1 unspecified atom stereocenters. The van der Waals surface area contributed by atoms with Crippen molar-refractivity contribution < 1.29 is 19.3 Å². The van der Waals surface area contributed by atoms with Gasteiger partial charge in [0.05, 0.1) is 19.8 Å². The van der Waals surface area contributed by atoms with E-state index in [1.807, 2.05) is 31.2 Å². The Morgan fingerprint density at radius 1 is 1.17 bits per heavy atom. The van der Waals surface area contributed by atoms with Crippen LogP contribution in [0, 0.1) is 12.8 Å². The Kier molecular flexibility index (Phi) is 7.40. The molecule has 1 atom stereocenters. The van der Waals surface area contributed by atoms with E-state index in [2.05, 4.69) is 13.0 Å². The van der Waals surface area contributed by atoms with Crippen molar-refractivity contribution in [3.63, 3.8) is 0 Å². The zero-order chi connectivity index (χ0) is 20.8. The van der Waals surface area contributed by atoms with E-state index >= 15 is 0 Å². The monoisotopic (exact) mass is 399 g/mol. The lowest BCUT2D eigenvalue weighted by atomic mass is 9.94. The van der Waals surface area contributed by atoms with Crippen molar-refractivity contribution in [1.29, 1.82) is 0 Å². The van der Waals surface area contributed by atoms with Crippen molar-refractivity contribution in [2.75, 3.05) is 32.7 Å². The standard InChI is InChI=1S/C24H33NO4/c1-4-28-23(14-20-16(2)11-18(9-10-26)12-21(20)25)19-7-8-22(27-3)24(13-19)29-15-17-5-6-17/h7-8,11-13,17,23,26H,4-6,9-10,14-15,25H2,1-3H3. The zero-order valence-electron chi connectivity index (χ0n) is 17.7. The van der Waals surface area contributed by atoms with Gasteiger partial charge in [-0.3, -0.25) is 0 Å². The molecule has 0 aromatic heterocycles. The lowest BCUT2D eigenvalue weighted by Crippen LogP contribution is -2.12. The van der Waals surface area contributed by atoms with Gasteiger partial charge in [0, 0.05) is 25.3 Å². The first kappa shape index (κ1) is 21.5. The molecule has 0 aliphatic heterocycles. The summed E-state index contributed by atoms with van der Waals surface area (Å²) < 4.78 is 17.6. The van der Waals surface area contributed by atoms with E-state index in [1.165, 1.54) is 12.8 Å². The van der Waals surface area contributed by atoms with Crippen LogP contribution in [-0.4, -0.2) is 32.0 Å². The summed E-state index contributed by atoms with van der Waals surface area (Å²) in [6.07, 6.45) is 3.65. The highest BCUT2D eigenvalue weighted by Crippen LogP contribution is 2.36. The van der Waals surface area contributed by atoms with E-state index in [9.17, 15) is 5.11 Å². The van der Waals surface area contributed by atoms with E-state index in [-0.39, 0.29) is 12.7 Å². The lowest BCUT2D eigenvalue weighted by Gasteiger charge is -2.22. The molecule has 0 heterocycles. The molecule has 2 aromatic rings. The van der Waals surface area contributed by atoms with Crippen LogP contribution in [0.25, 0.3) is 0 Å². The molecule has 2 aromatic carbocycles. The Bertz CT molecular complexity index is 794. The summed E-state index contributed by atoms with van der Waals surface area (Å²) in [6, 6.07) is 10.1. The summed E-state index contributed by atoms with van der Waals surface area (Å²) in [5, 5.41) is 9.20. The van der Waals surface area contributed by atoms with Crippen LogP contribution in [0.1, 0.15) is 48.1 Å². The summed E-state index contributed by atoms with van der Waals surface area (Å²) in [6.45, 7) is 5.53. The molecular weight excluding hydrogens is 366 g/mol. The molecule has 3 N–H and O–H groups in total. The Balaban J connectivity index is 1.84. The SMILES string of the molecule is CCOC(Cc1c(C)cc(CCO)cc1N)c1ccc(OC)c(OCC2CC2)c1. The largest absolute Gasteiger partial charge is 0.493 e. The number of methoxy groups -OCH3 is 1. The smallest absolute Gasteiger partial charge is 0.161 e. The normalized spacial score (nSPS) is 14.6. The Morgan fingerprint density at radius 3 is 2.59 bits per heavy atom. The third-order valence-electron chi connectivity index (χ3n) is 5.46. The van der Waals surface area contributed by atoms with Gasteiger partial charge in [-0.25, -0.2) is 0 Å². The number of nitrogen functional groups attached to an aromatic ring is 1. The minimum Gasteiger partial charge on any atom is -0.493 e. The molecule has 5 nitrogen and oxygen atoms in total. The van der Waals surface area contributed by atoms with E-state index in [1.54, 1.807) is 7.11 Å². The third kappa shape index (κ3) is 5.64. The summed E-state index contributed by atoms with van der Waals surface area (Å²) in [7, 11) is 1.66. The van der Waals surface area contributed by atoms with E-state index in [0.29, 0.717) is 25.4 Å². The van der Waals surface area contributed by atoms with Crippen molar-refractivity contribution in [1.82, 2.24) is 0 Å². The van der Waals surface area contributed by atoms with Crippen LogP contribution in [0.4, 0.5) is 5.69 Å². The lowest BCUT2D eigenvalue weighted by molar-refractivity contribution is 0.0625. The number of aliphatic hydroxyl groups is 1. The van der Waals surface area contributed by atoms with E-state index in [4.69, 9.17) is 19.9 Å². The molecule has 0 saturated heterocycles. The van der Waals surface area contributed by atoms with Gasteiger partial charge in [0.1, 0.15) is 0 Å². The highest BCUT2D eigenvalue weighted by molar-refractivity contribution is 5.54. The fourth-order valence-electron chi connectivity index (χ4n) is 3.63. The summed E-state index contributed by atoms with van der Waals surface area (Å²) in [5.74, 6) is 2.18. The second-order valence-corrected chi connectivity index (χ2v) is 7.77. The number of hydrogen-bond donors (Lipinski definition) is 2. The molecule has 0 bridgehead atoms. The second-order valence-electron chi connectivity index (χ2n) is 7.77. The molecule has 0 amide bonds. The average molecular weight is 400 g/mol. The van der Waals surface area contributed by atoms with Crippen molar-refractivity contribution in [3.8, 4) is 11.5 Å². The van der Waals surface area contributed by atoms with Gasteiger partial charge in [0.25, 0.3) is 0 Å². The number of nitrogens with two attached hydrogens (primary N) is 1. The van der Waals surface area contributed by atoms with Crippen LogP contribution in [-0.2, 0) is 17.6 Å². The molecule has 1 fully saturated rings. The van der Waals surface area contributed by atoms with E-state index in [0.717, 1.165) is 46.0 Å². The Morgan fingerprint density at radius 2 is 1.97 bits per heavy atom. The van der Waals surface area contributed by atoms with Crippen molar-refractivity contribution >= 4 is 5.69 Å². The maximum absolute atomic E-state index is 9.20. The minimum absolute atomic E-state index is 0.120. The van der Waals surface area contributed by atoms with Gasteiger partial charge in [-0.2, -0.15) is 0 Å². The van der Waals surface area contributed by atoms with E-state index < -0.39 is 0 Å². The number of aryl methyl sites for hydroxylation is 1. The number of hydrogen-bond acceptors (Lipinski definition) is 5. The molecule has 29 heavy (non-hydrogen) atoms. The van der Waals surface area contributed by atoms with Gasteiger partial charge in [0.15, 0.2) is 11.5 Å². The predicted molar refractivity (Wildman–Crippen MR) is 116 cm³/mol. The first-order valence-corrected chi connectivity index (χ1v) is 10.5. The highest BCUT2D eigenvalue weighted by atomic mass is 16.5. The van der Waals surface area contributed by atoms with Crippen LogP contribution >= 0.6 is 0 Å². The number of aliphatic hydroxyl groups excluding tert-OH is 1. The van der Waals surface area contributed by atoms with Gasteiger partial charge in [-0.15, -0.1) is 0 Å². The number of rotatable bonds is 11. The van der Waals surface area contributed by atoms with Crippen molar-refractivity contribution in [2.24, 2.45) is 5.92 Å². The fourth-order valence-corrected chi connectivity index (χ4v) is 3.63. The minimum atomic E-state index is -0.126. The molecule has 1 aliphatic rings. The summed E-state index contributed by atoms with van der Waals surface area (Å²) >= 11 is 0. The van der Waals surface area contributed by atoms with Gasteiger partial charge in [0.2, 0.25) is 0 Å². The molecule has 1 aliphatic carbocycles. The van der Waals surface area contributed by atoms with Crippen LogP contribution in [0.5, 0.6) is 11.5 Å². The van der Waals surface area contributed by atoms with Crippen LogP contribution in [0.15, 0.2) is 30.3 Å². The predicted octanol–water partition coefficient (Wildman–Crippen LogP) is 4.23. The molecule has 5 heteroatoms. The molecule has 0 radical (unpaired) electrons. The molecular formula is C24H33NO4. The van der Waals surface area contributed by atoms with Crippen molar-refractivity contribution in [3.05, 3.63) is 52.6 Å². The van der Waals surface area contributed by atoms with Gasteiger partial charge >= 0.3 is 0 Å². The fraction of sp³-hybridized carbons (Fsp3) is 0.500. The summed E-state index contributed by atoms with van der Waals surface area (Å²) in [4.78, 5) is 0. The summed E-state index contributed by atoms with van der Waals surface area (Å²) in [5.41, 5.74) is 11.4. The molecule has 3 rings (SSSR count). The van der Waals surface area contributed by atoms with Gasteiger partial charge in [-0.05, 0) is 79.5 Å². The first-order valence-electron chi connectivity index (χ1n) is 10.5. The molecule has 158 valence electrons. The Hall–Kier alpha value is -2.24. The average Bonchev–Trinajstić information content (AvgIpc) is 3.53. The van der Waals surface area contributed by atoms with Gasteiger partial charge in [-0.1, -0.05) is 12.1 Å². The second kappa shape index (κ2) is 9.99. The van der Waals surface area contributed by atoms with Crippen LogP contribution in [0.3, 0.4) is 0 Å². The highest BCUT2D eigenvalue weighted by Gasteiger charge is 2.23. The quantitative estimate of drug-likeness (QED) is 0.553. The number of ether oxygens (including phenoxy) is 3. The zero-order valence-corrected chi connectivity index (χ0v) is 17.7. The first-order chi connectivity index (χ1) is 14.0. The third-order valence-corrected chi connectivity index (χ3v) is 5.46. The van der Waals surface area contributed by atoms with Crippen LogP contribution in [0.2, 0.25) is 0 Å². The number of benzene rings is 2. The maximum Gasteiger partial charge on any atom is 0.161 e. The molecule has 1 saturated carbocycles. The molecule has 0 spiro atoms. The topological polar surface area (TPSA) is 73.9 Å². The van der Waals surface area contributed by atoms with Crippen LogP contribution < -0.4 is 15.2 Å².